The van der Waals surface area contributed by atoms with Crippen molar-refractivity contribution in [1.82, 2.24) is 10.2 Å². The van der Waals surface area contributed by atoms with Crippen LogP contribution in [0.15, 0.2) is 27.5 Å². The molecule has 1 saturated carbocycles. The lowest BCUT2D eigenvalue weighted by Gasteiger charge is -2.23. The fraction of sp³-hybridized carbons (Fsp3) is 0.500. The van der Waals surface area contributed by atoms with E-state index in [9.17, 15) is 8.42 Å². The molecule has 1 aromatic heterocycles. The maximum Gasteiger partial charge on any atom is 0.238 e. The molecule has 0 bridgehead atoms. The van der Waals surface area contributed by atoms with Gasteiger partial charge in [-0.05, 0) is 49.9 Å². The molecule has 1 aliphatic heterocycles. The Kier molecular flexibility index (Phi) is 3.61. The van der Waals surface area contributed by atoms with E-state index in [-0.39, 0.29) is 10.9 Å². The molecule has 2 N–H and O–H groups in total. The Hall–Kier alpha value is -1.93. The zero-order chi connectivity index (χ0) is 16.9. The van der Waals surface area contributed by atoms with Crippen LogP contribution in [-0.2, 0) is 23.0 Å². The lowest BCUT2D eigenvalue weighted by Crippen LogP contribution is -2.28. The van der Waals surface area contributed by atoms with Crippen LogP contribution < -0.4 is 10.0 Å². The molecule has 0 radical (unpaired) electrons. The fourth-order valence-electron chi connectivity index (χ4n) is 3.39. The summed E-state index contributed by atoms with van der Waals surface area (Å²) >= 11 is 0. The van der Waals surface area contributed by atoms with Crippen LogP contribution >= 0.6 is 0 Å². The Morgan fingerprint density at radius 2 is 2.12 bits per heavy atom. The number of rotatable bonds is 4. The van der Waals surface area contributed by atoms with Crippen LogP contribution in [0.1, 0.15) is 49.4 Å². The molecule has 1 fully saturated rings. The molecule has 0 unspecified atom stereocenters. The topological polar surface area (TPSA) is 102 Å². The first-order chi connectivity index (χ1) is 11.4. The monoisotopic (exact) mass is 348 g/mol. The average molecular weight is 348 g/mol. The fourth-order valence-corrected chi connectivity index (χ4v) is 3.95. The lowest BCUT2D eigenvalue weighted by atomic mass is 9.85. The highest BCUT2D eigenvalue weighted by Gasteiger charge is 2.30. The number of fused-ring (bicyclic) bond motifs is 1. The zero-order valence-corrected chi connectivity index (χ0v) is 14.3. The molecule has 0 saturated heterocycles. The summed E-state index contributed by atoms with van der Waals surface area (Å²) in [5.74, 6) is 1.77. The van der Waals surface area contributed by atoms with Crippen LogP contribution in [0.3, 0.4) is 0 Å². The van der Waals surface area contributed by atoms with Gasteiger partial charge in [0.2, 0.25) is 21.8 Å². The Labute approximate surface area is 140 Å². The lowest BCUT2D eigenvalue weighted by molar-refractivity contribution is 0.323. The Morgan fingerprint density at radius 1 is 1.33 bits per heavy atom. The largest absolute Gasteiger partial charge is 0.423 e. The second-order valence-electron chi connectivity index (χ2n) is 6.68. The predicted molar refractivity (Wildman–Crippen MR) is 88.1 cm³/mol. The van der Waals surface area contributed by atoms with Gasteiger partial charge in [0.25, 0.3) is 0 Å². The summed E-state index contributed by atoms with van der Waals surface area (Å²) in [7, 11) is -3.68. The van der Waals surface area contributed by atoms with Gasteiger partial charge < -0.3 is 9.32 Å². The van der Waals surface area contributed by atoms with Gasteiger partial charge in [-0.1, -0.05) is 6.42 Å². The molecule has 8 heteroatoms. The normalized spacial score (nSPS) is 20.9. The first-order valence-corrected chi connectivity index (χ1v) is 9.71. The maximum absolute atomic E-state index is 11.5. The van der Waals surface area contributed by atoms with Gasteiger partial charge >= 0.3 is 0 Å². The average Bonchev–Trinajstić information content (AvgIpc) is 3.02. The highest BCUT2D eigenvalue weighted by Crippen LogP contribution is 2.37. The highest BCUT2D eigenvalue weighted by molar-refractivity contribution is 7.89. The maximum atomic E-state index is 11.5. The first-order valence-electron chi connectivity index (χ1n) is 8.16. The third-order valence-corrected chi connectivity index (χ3v) is 5.89. The Morgan fingerprint density at radius 3 is 2.79 bits per heavy atom. The predicted octanol–water partition coefficient (Wildman–Crippen LogP) is 1.94. The van der Waals surface area contributed by atoms with Crippen LogP contribution in [-0.4, -0.2) is 24.7 Å². The summed E-state index contributed by atoms with van der Waals surface area (Å²) in [6, 6.07) is 5.25. The van der Waals surface area contributed by atoms with E-state index in [1.54, 1.807) is 12.1 Å². The molecular weight excluding hydrogens is 328 g/mol. The standard InChI is InChI=1S/C16H20N4O3S/c1-10-7-12-8-13(24(17,21)22)5-6-14(12)20(10)9-15-18-19-16(23-15)11-3-2-4-11/h5-6,8,10-11H,2-4,7,9H2,1H3,(H2,17,21,22)/t10-/m1/s1. The summed E-state index contributed by atoms with van der Waals surface area (Å²) in [6.07, 6.45) is 4.25. The minimum Gasteiger partial charge on any atom is -0.423 e. The summed E-state index contributed by atoms with van der Waals surface area (Å²) in [5, 5.41) is 13.6. The number of benzene rings is 1. The van der Waals surface area contributed by atoms with Gasteiger partial charge in [0.05, 0.1) is 11.4 Å². The molecule has 0 amide bonds. The van der Waals surface area contributed by atoms with Crippen LogP contribution in [0.4, 0.5) is 5.69 Å². The molecule has 1 aliphatic carbocycles. The van der Waals surface area contributed by atoms with Crippen molar-refractivity contribution in [2.45, 2.75) is 56.0 Å². The first kappa shape index (κ1) is 15.6. The summed E-state index contributed by atoms with van der Waals surface area (Å²) in [5.41, 5.74) is 1.98. The van der Waals surface area contributed by atoms with Crippen molar-refractivity contribution in [2.75, 3.05) is 4.90 Å². The molecule has 1 atom stereocenters. The van der Waals surface area contributed by atoms with Crippen molar-refractivity contribution in [3.63, 3.8) is 0 Å². The van der Waals surface area contributed by atoms with Crippen LogP contribution in [0.25, 0.3) is 0 Å². The summed E-state index contributed by atoms with van der Waals surface area (Å²) in [4.78, 5) is 2.32. The third-order valence-electron chi connectivity index (χ3n) is 4.98. The number of aromatic nitrogens is 2. The third kappa shape index (κ3) is 2.69. The van der Waals surface area contributed by atoms with Crippen molar-refractivity contribution in [3.05, 3.63) is 35.5 Å². The van der Waals surface area contributed by atoms with Crippen molar-refractivity contribution >= 4 is 15.7 Å². The smallest absolute Gasteiger partial charge is 0.238 e. The quantitative estimate of drug-likeness (QED) is 0.906. The van der Waals surface area contributed by atoms with E-state index >= 15 is 0 Å². The van der Waals surface area contributed by atoms with E-state index < -0.39 is 10.0 Å². The SMILES string of the molecule is C[C@@H]1Cc2cc(S(N)(=O)=O)ccc2N1Cc1nnc(C2CCC2)o1. The van der Waals surface area contributed by atoms with Crippen LogP contribution in [0.5, 0.6) is 0 Å². The number of primary sulfonamides is 1. The van der Waals surface area contributed by atoms with Gasteiger partial charge in [-0.3, -0.25) is 0 Å². The van der Waals surface area contributed by atoms with Gasteiger partial charge in [-0.15, -0.1) is 10.2 Å². The van der Waals surface area contributed by atoms with Gasteiger partial charge in [0.1, 0.15) is 0 Å². The van der Waals surface area contributed by atoms with Gasteiger partial charge in [-0.2, -0.15) is 0 Å². The Balaban J connectivity index is 1.57. The van der Waals surface area contributed by atoms with Crippen LogP contribution in [0, 0.1) is 0 Å². The minimum absolute atomic E-state index is 0.153. The number of hydrogen-bond acceptors (Lipinski definition) is 6. The van der Waals surface area contributed by atoms with Crippen molar-refractivity contribution in [3.8, 4) is 0 Å². The number of nitrogens with zero attached hydrogens (tertiary/aromatic N) is 3. The molecule has 128 valence electrons. The van der Waals surface area contributed by atoms with E-state index in [0.29, 0.717) is 18.4 Å². The second-order valence-corrected chi connectivity index (χ2v) is 8.24. The molecule has 2 aromatic rings. The summed E-state index contributed by atoms with van der Waals surface area (Å²) < 4.78 is 28.8. The molecule has 0 spiro atoms. The number of hydrogen-bond donors (Lipinski definition) is 1. The number of nitrogens with two attached hydrogens (primary N) is 1. The molecule has 2 heterocycles. The van der Waals surface area contributed by atoms with Crippen molar-refractivity contribution in [1.29, 1.82) is 0 Å². The van der Waals surface area contributed by atoms with E-state index in [4.69, 9.17) is 9.56 Å². The second kappa shape index (κ2) is 5.56. The molecule has 24 heavy (non-hydrogen) atoms. The number of anilines is 1. The molecule has 4 rings (SSSR count). The number of sulfonamides is 1. The Bertz CT molecular complexity index is 873. The van der Waals surface area contributed by atoms with E-state index in [1.807, 2.05) is 6.07 Å². The zero-order valence-electron chi connectivity index (χ0n) is 13.5. The molecular formula is C16H20N4O3S. The van der Waals surface area contributed by atoms with E-state index in [0.717, 1.165) is 36.4 Å². The van der Waals surface area contributed by atoms with Gasteiger partial charge in [0.15, 0.2) is 0 Å². The van der Waals surface area contributed by atoms with Gasteiger partial charge in [-0.25, -0.2) is 13.6 Å². The highest BCUT2D eigenvalue weighted by atomic mass is 32.2. The summed E-state index contributed by atoms with van der Waals surface area (Å²) in [6.45, 7) is 2.63. The molecule has 1 aromatic carbocycles. The van der Waals surface area contributed by atoms with Crippen molar-refractivity contribution in [2.24, 2.45) is 5.14 Å². The molecule has 2 aliphatic rings. The minimum atomic E-state index is -3.68. The van der Waals surface area contributed by atoms with Crippen LogP contribution in [0.2, 0.25) is 0 Å². The van der Waals surface area contributed by atoms with E-state index in [1.165, 1.54) is 6.42 Å². The van der Waals surface area contributed by atoms with Gasteiger partial charge in [0, 0.05) is 17.6 Å². The van der Waals surface area contributed by atoms with E-state index in [2.05, 4.69) is 22.0 Å². The molecule has 7 nitrogen and oxygen atoms in total. The van der Waals surface area contributed by atoms with Crippen molar-refractivity contribution < 1.29 is 12.8 Å².